The van der Waals surface area contributed by atoms with Crippen LogP contribution in [0.5, 0.6) is 0 Å². The summed E-state index contributed by atoms with van der Waals surface area (Å²) in [4.78, 5) is 40.5. The van der Waals surface area contributed by atoms with E-state index >= 15 is 0 Å². The Bertz CT molecular complexity index is 1170. The van der Waals surface area contributed by atoms with Gasteiger partial charge in [0.1, 0.15) is 17.5 Å². The number of nitrogens with one attached hydrogen (secondary N) is 2. The predicted molar refractivity (Wildman–Crippen MR) is 139 cm³/mol. The molecule has 3 atom stereocenters. The molecule has 2 aromatic rings. The van der Waals surface area contributed by atoms with Crippen molar-refractivity contribution < 1.29 is 32.3 Å². The van der Waals surface area contributed by atoms with E-state index in [2.05, 4.69) is 10.6 Å². The highest BCUT2D eigenvalue weighted by molar-refractivity contribution is 5.87. The molecule has 11 heteroatoms. The minimum Gasteiger partial charge on any atom is -0.444 e. The van der Waals surface area contributed by atoms with Crippen LogP contribution in [0.25, 0.3) is 0 Å². The summed E-state index contributed by atoms with van der Waals surface area (Å²) in [5.74, 6) is -4.63. The number of carbonyl (C=O) groups excluding carboxylic acids is 3. The zero-order valence-electron chi connectivity index (χ0n) is 22.3. The fourth-order valence-corrected chi connectivity index (χ4v) is 4.40. The molecule has 212 valence electrons. The molecule has 1 aliphatic rings. The highest BCUT2D eigenvalue weighted by atomic mass is 19.2. The number of likely N-dealkylation sites (tertiary alicyclic amines) is 1. The normalized spacial score (nSPS) is 16.9. The lowest BCUT2D eigenvalue weighted by Gasteiger charge is -2.27. The molecule has 0 aromatic heterocycles. The second-order valence-electron chi connectivity index (χ2n) is 10.7. The van der Waals surface area contributed by atoms with E-state index in [0.29, 0.717) is 25.1 Å². The first-order valence-corrected chi connectivity index (χ1v) is 12.8. The van der Waals surface area contributed by atoms with E-state index in [-0.39, 0.29) is 30.7 Å². The van der Waals surface area contributed by atoms with E-state index in [0.717, 1.165) is 12.0 Å². The van der Waals surface area contributed by atoms with E-state index in [1.807, 2.05) is 0 Å². The Kier molecular flexibility index (Phi) is 9.96. The maximum absolute atomic E-state index is 14.5. The molecule has 0 spiro atoms. The molecule has 2 aromatic carbocycles. The molecule has 1 aliphatic heterocycles. The van der Waals surface area contributed by atoms with Crippen LogP contribution in [-0.4, -0.2) is 53.2 Å². The van der Waals surface area contributed by atoms with Gasteiger partial charge in [0.05, 0.1) is 6.17 Å². The van der Waals surface area contributed by atoms with Crippen LogP contribution in [0, 0.1) is 17.5 Å². The third kappa shape index (κ3) is 8.98. The monoisotopic (exact) mass is 548 g/mol. The van der Waals surface area contributed by atoms with Crippen LogP contribution in [-0.2, 0) is 27.2 Å². The molecule has 4 N–H and O–H groups in total. The Balaban J connectivity index is 1.84. The van der Waals surface area contributed by atoms with Gasteiger partial charge in [-0.25, -0.2) is 18.0 Å². The van der Waals surface area contributed by atoms with Crippen LogP contribution in [0.1, 0.15) is 51.2 Å². The number of hydrogen-bond acceptors (Lipinski definition) is 5. The number of nitrogens with two attached hydrogens (primary N) is 1. The quantitative estimate of drug-likeness (QED) is 0.415. The van der Waals surface area contributed by atoms with Crippen LogP contribution in [0.2, 0.25) is 0 Å². The lowest BCUT2D eigenvalue weighted by Crippen LogP contribution is -2.53. The summed E-state index contributed by atoms with van der Waals surface area (Å²) in [6.45, 7) is 5.48. The first kappa shape index (κ1) is 29.9. The molecule has 2 unspecified atom stereocenters. The van der Waals surface area contributed by atoms with Gasteiger partial charge in [-0.1, -0.05) is 30.3 Å². The van der Waals surface area contributed by atoms with Crippen molar-refractivity contribution in [2.45, 2.75) is 76.7 Å². The summed E-state index contributed by atoms with van der Waals surface area (Å²) >= 11 is 0. The van der Waals surface area contributed by atoms with Crippen LogP contribution < -0.4 is 16.4 Å². The summed E-state index contributed by atoms with van der Waals surface area (Å²) in [6, 6.07) is 7.95. The minimum absolute atomic E-state index is 0.100. The van der Waals surface area contributed by atoms with Crippen molar-refractivity contribution in [2.24, 2.45) is 5.73 Å². The summed E-state index contributed by atoms with van der Waals surface area (Å²) in [7, 11) is 0. The Hall–Kier alpha value is -3.60. The molecule has 0 radical (unpaired) electrons. The van der Waals surface area contributed by atoms with Crippen molar-refractivity contribution in [1.82, 2.24) is 15.5 Å². The van der Waals surface area contributed by atoms with E-state index in [1.54, 1.807) is 51.1 Å². The number of rotatable bonds is 9. The van der Waals surface area contributed by atoms with Crippen molar-refractivity contribution >= 4 is 17.9 Å². The Morgan fingerprint density at radius 3 is 2.31 bits per heavy atom. The molecule has 0 saturated carbocycles. The summed E-state index contributed by atoms with van der Waals surface area (Å²) in [5, 5.41) is 5.27. The Morgan fingerprint density at radius 2 is 1.69 bits per heavy atom. The molecule has 8 nitrogen and oxygen atoms in total. The van der Waals surface area contributed by atoms with Gasteiger partial charge in [0.25, 0.3) is 0 Å². The van der Waals surface area contributed by atoms with Gasteiger partial charge in [-0.3, -0.25) is 9.59 Å². The third-order valence-electron chi connectivity index (χ3n) is 6.23. The van der Waals surface area contributed by atoms with Crippen molar-refractivity contribution in [2.75, 3.05) is 6.54 Å². The first-order valence-electron chi connectivity index (χ1n) is 12.8. The summed E-state index contributed by atoms with van der Waals surface area (Å²) in [6.07, 6.45) is -0.408. The molecule has 39 heavy (non-hydrogen) atoms. The van der Waals surface area contributed by atoms with Gasteiger partial charge in [0, 0.05) is 31.5 Å². The largest absolute Gasteiger partial charge is 0.444 e. The third-order valence-corrected chi connectivity index (χ3v) is 6.23. The van der Waals surface area contributed by atoms with Crippen molar-refractivity contribution in [1.29, 1.82) is 0 Å². The van der Waals surface area contributed by atoms with Crippen molar-refractivity contribution in [3.05, 3.63) is 71.0 Å². The number of alkyl carbamates (subject to hydrolysis) is 1. The Morgan fingerprint density at radius 1 is 1.03 bits per heavy atom. The van der Waals surface area contributed by atoms with Gasteiger partial charge in [0.2, 0.25) is 11.8 Å². The summed E-state index contributed by atoms with van der Waals surface area (Å²) < 4.78 is 47.2. The second kappa shape index (κ2) is 13.0. The Labute approximate surface area is 226 Å². The second-order valence-corrected chi connectivity index (χ2v) is 10.7. The molecular formula is C28H35F3N4O4. The lowest BCUT2D eigenvalue weighted by molar-refractivity contribution is -0.132. The molecular weight excluding hydrogens is 513 g/mol. The predicted octanol–water partition coefficient (Wildman–Crippen LogP) is 3.56. The average Bonchev–Trinajstić information content (AvgIpc) is 3.27. The number of carbonyl (C=O) groups is 3. The van der Waals surface area contributed by atoms with Crippen LogP contribution in [0.4, 0.5) is 18.0 Å². The van der Waals surface area contributed by atoms with Gasteiger partial charge < -0.3 is 26.0 Å². The fourth-order valence-electron chi connectivity index (χ4n) is 4.40. The number of halogens is 3. The van der Waals surface area contributed by atoms with Gasteiger partial charge in [0.15, 0.2) is 11.6 Å². The number of ether oxygens (including phenoxy) is 1. The van der Waals surface area contributed by atoms with Crippen molar-refractivity contribution in [3.63, 3.8) is 0 Å². The topological polar surface area (TPSA) is 114 Å². The van der Waals surface area contributed by atoms with Gasteiger partial charge in [-0.2, -0.15) is 0 Å². The molecule has 0 aliphatic carbocycles. The SMILES string of the molecule is CC(C)(C)OC(=O)NC(Cc1ccccc1)C(=O)N[C@@H](CC(=O)N1CCCC1N)Cc1cc(F)c(F)cc1F. The van der Waals surface area contributed by atoms with Gasteiger partial charge in [-0.05, 0) is 57.2 Å². The number of nitrogens with zero attached hydrogens (tertiary/aromatic N) is 1. The number of amides is 3. The molecule has 3 rings (SSSR count). The maximum Gasteiger partial charge on any atom is 0.408 e. The van der Waals surface area contributed by atoms with Crippen LogP contribution in [0.15, 0.2) is 42.5 Å². The lowest BCUT2D eigenvalue weighted by atomic mass is 10.00. The molecule has 1 fully saturated rings. The highest BCUT2D eigenvalue weighted by Gasteiger charge is 2.31. The van der Waals surface area contributed by atoms with Crippen molar-refractivity contribution in [3.8, 4) is 0 Å². The first-order chi connectivity index (χ1) is 18.3. The standard InChI is InChI=1S/C28H35F3N4O4/c1-28(2,3)39-27(38)34-23(12-17-8-5-4-6-9-17)26(37)33-19(15-25(36)35-11-7-10-24(35)32)13-18-14-21(30)22(31)16-20(18)29/h4-6,8-9,14,16,19,23-24H,7,10-13,15,32H2,1-3H3,(H,33,37)(H,34,38)/t19-,23?,24?/m1/s1. The van der Waals surface area contributed by atoms with Gasteiger partial charge in [-0.15, -0.1) is 0 Å². The molecule has 3 amide bonds. The minimum atomic E-state index is -1.35. The molecule has 1 saturated heterocycles. The van der Waals surface area contributed by atoms with E-state index in [9.17, 15) is 27.6 Å². The fraction of sp³-hybridized carbons (Fsp3) is 0.464. The van der Waals surface area contributed by atoms with Gasteiger partial charge >= 0.3 is 6.09 Å². The van der Waals surface area contributed by atoms with E-state index < -0.39 is 53.3 Å². The van der Waals surface area contributed by atoms with Crippen LogP contribution in [0.3, 0.4) is 0 Å². The maximum atomic E-state index is 14.5. The van der Waals surface area contributed by atoms with E-state index in [4.69, 9.17) is 10.5 Å². The average molecular weight is 549 g/mol. The van der Waals surface area contributed by atoms with Crippen LogP contribution >= 0.6 is 0 Å². The zero-order chi connectivity index (χ0) is 28.7. The smallest absolute Gasteiger partial charge is 0.408 e. The number of hydrogen-bond donors (Lipinski definition) is 3. The number of benzene rings is 2. The highest BCUT2D eigenvalue weighted by Crippen LogP contribution is 2.19. The summed E-state index contributed by atoms with van der Waals surface area (Å²) in [5.41, 5.74) is 5.74. The van der Waals surface area contributed by atoms with E-state index in [1.165, 1.54) is 4.90 Å². The molecule has 1 heterocycles. The zero-order valence-corrected chi connectivity index (χ0v) is 22.3. The molecule has 0 bridgehead atoms.